The molecule has 2 rings (SSSR count). The van der Waals surface area contributed by atoms with E-state index in [1.807, 2.05) is 18.3 Å². The van der Waals surface area contributed by atoms with Crippen molar-refractivity contribution in [1.82, 2.24) is 9.88 Å². The molecule has 0 unspecified atom stereocenters. The lowest BCUT2D eigenvalue weighted by atomic mass is 10.1. The van der Waals surface area contributed by atoms with Gasteiger partial charge in [0, 0.05) is 37.6 Å². The van der Waals surface area contributed by atoms with Crippen LogP contribution in [-0.4, -0.2) is 34.0 Å². The van der Waals surface area contributed by atoms with Gasteiger partial charge in [0.2, 0.25) is 0 Å². The molecule has 1 aliphatic heterocycles. The van der Waals surface area contributed by atoms with Gasteiger partial charge in [-0.1, -0.05) is 12.1 Å². The molecular formula is C12H14N2O2. The Labute approximate surface area is 94.2 Å². The maximum atomic E-state index is 10.7. The molecule has 0 saturated carbocycles. The Hall–Kier alpha value is -1.68. The summed E-state index contributed by atoms with van der Waals surface area (Å²) in [5, 5.41) is 8.82. The third-order valence-electron chi connectivity index (χ3n) is 2.70. The molecule has 4 nitrogen and oxygen atoms in total. The zero-order valence-electron chi connectivity index (χ0n) is 8.97. The summed E-state index contributed by atoms with van der Waals surface area (Å²) in [7, 11) is 0. The number of carbonyl (C=O) groups is 1. The standard InChI is InChI=1S/C12H14N2O2/c15-12(16)11-3-6-14(7-4-11)9-10-2-1-5-13-8-10/h1-3,5,8H,4,6-7,9H2,(H,15,16). The summed E-state index contributed by atoms with van der Waals surface area (Å²) in [6, 6.07) is 3.95. The topological polar surface area (TPSA) is 53.4 Å². The first-order chi connectivity index (χ1) is 7.75. The van der Waals surface area contributed by atoms with Crippen LogP contribution in [0.25, 0.3) is 0 Å². The molecule has 2 heterocycles. The highest BCUT2D eigenvalue weighted by molar-refractivity contribution is 5.86. The van der Waals surface area contributed by atoms with Gasteiger partial charge >= 0.3 is 5.97 Å². The van der Waals surface area contributed by atoms with Gasteiger partial charge in [-0.25, -0.2) is 4.79 Å². The van der Waals surface area contributed by atoms with Crippen molar-refractivity contribution in [1.29, 1.82) is 0 Å². The van der Waals surface area contributed by atoms with Crippen molar-refractivity contribution in [3.63, 3.8) is 0 Å². The second-order valence-electron chi connectivity index (χ2n) is 3.88. The van der Waals surface area contributed by atoms with Crippen molar-refractivity contribution in [3.8, 4) is 0 Å². The van der Waals surface area contributed by atoms with Crippen molar-refractivity contribution in [3.05, 3.63) is 41.7 Å². The average Bonchev–Trinajstić information content (AvgIpc) is 2.31. The Balaban J connectivity index is 1.93. The van der Waals surface area contributed by atoms with Crippen LogP contribution in [0.2, 0.25) is 0 Å². The van der Waals surface area contributed by atoms with E-state index < -0.39 is 5.97 Å². The summed E-state index contributed by atoms with van der Waals surface area (Å²) in [4.78, 5) is 17.0. The van der Waals surface area contributed by atoms with E-state index in [4.69, 9.17) is 5.11 Å². The zero-order chi connectivity index (χ0) is 11.4. The van der Waals surface area contributed by atoms with E-state index in [1.165, 1.54) is 0 Å². The van der Waals surface area contributed by atoms with Gasteiger partial charge in [0.15, 0.2) is 0 Å². The summed E-state index contributed by atoms with van der Waals surface area (Å²) in [6.45, 7) is 2.33. The number of rotatable bonds is 3. The quantitative estimate of drug-likeness (QED) is 0.830. The van der Waals surface area contributed by atoms with Gasteiger partial charge in [0.05, 0.1) is 0 Å². The molecule has 84 valence electrons. The molecule has 0 atom stereocenters. The minimum atomic E-state index is -0.791. The fourth-order valence-corrected chi connectivity index (χ4v) is 1.80. The van der Waals surface area contributed by atoms with Gasteiger partial charge in [0.25, 0.3) is 0 Å². The molecule has 0 fully saturated rings. The minimum Gasteiger partial charge on any atom is -0.478 e. The Bertz CT molecular complexity index is 401. The van der Waals surface area contributed by atoms with Crippen LogP contribution in [0.3, 0.4) is 0 Å². The maximum absolute atomic E-state index is 10.7. The number of hydrogen-bond acceptors (Lipinski definition) is 3. The molecule has 0 aliphatic carbocycles. The molecule has 0 amide bonds. The molecular weight excluding hydrogens is 204 g/mol. The highest BCUT2D eigenvalue weighted by Crippen LogP contribution is 2.13. The average molecular weight is 218 g/mol. The molecule has 0 radical (unpaired) electrons. The third-order valence-corrected chi connectivity index (χ3v) is 2.70. The maximum Gasteiger partial charge on any atom is 0.331 e. The van der Waals surface area contributed by atoms with Crippen LogP contribution in [0.1, 0.15) is 12.0 Å². The number of carboxylic acid groups (broad SMARTS) is 1. The molecule has 0 aromatic carbocycles. The number of pyridine rings is 1. The van der Waals surface area contributed by atoms with Crippen molar-refractivity contribution in [2.45, 2.75) is 13.0 Å². The highest BCUT2D eigenvalue weighted by atomic mass is 16.4. The summed E-state index contributed by atoms with van der Waals surface area (Å²) in [5.74, 6) is -0.791. The summed E-state index contributed by atoms with van der Waals surface area (Å²) < 4.78 is 0. The normalized spacial score (nSPS) is 16.9. The molecule has 0 bridgehead atoms. The molecule has 1 aromatic heterocycles. The van der Waals surface area contributed by atoms with E-state index in [0.29, 0.717) is 18.5 Å². The Morgan fingerprint density at radius 3 is 3.00 bits per heavy atom. The van der Waals surface area contributed by atoms with Crippen LogP contribution in [0, 0.1) is 0 Å². The van der Waals surface area contributed by atoms with Gasteiger partial charge in [-0.2, -0.15) is 0 Å². The molecule has 1 N–H and O–H groups in total. The number of aromatic nitrogens is 1. The number of nitrogens with zero attached hydrogens (tertiary/aromatic N) is 2. The first kappa shape index (κ1) is 10.8. The van der Waals surface area contributed by atoms with Crippen LogP contribution >= 0.6 is 0 Å². The zero-order valence-corrected chi connectivity index (χ0v) is 8.97. The number of aliphatic carboxylic acids is 1. The second-order valence-corrected chi connectivity index (χ2v) is 3.88. The van der Waals surface area contributed by atoms with Crippen LogP contribution < -0.4 is 0 Å². The highest BCUT2D eigenvalue weighted by Gasteiger charge is 2.15. The molecule has 1 aliphatic rings. The molecule has 16 heavy (non-hydrogen) atoms. The van der Waals surface area contributed by atoms with Crippen molar-refractivity contribution < 1.29 is 9.90 Å². The predicted octanol–water partition coefficient (Wildman–Crippen LogP) is 1.30. The fourth-order valence-electron chi connectivity index (χ4n) is 1.80. The van der Waals surface area contributed by atoms with Crippen LogP contribution in [0.4, 0.5) is 0 Å². The van der Waals surface area contributed by atoms with Gasteiger partial charge in [-0.3, -0.25) is 9.88 Å². The fraction of sp³-hybridized carbons (Fsp3) is 0.333. The molecule has 4 heteroatoms. The Morgan fingerprint density at radius 2 is 2.44 bits per heavy atom. The third kappa shape index (κ3) is 2.67. The van der Waals surface area contributed by atoms with E-state index in [9.17, 15) is 4.79 Å². The second kappa shape index (κ2) is 4.90. The lowest BCUT2D eigenvalue weighted by molar-refractivity contribution is -0.133. The molecule has 0 saturated heterocycles. The Kier molecular flexibility index (Phi) is 3.31. The van der Waals surface area contributed by atoms with E-state index >= 15 is 0 Å². The largest absolute Gasteiger partial charge is 0.478 e. The van der Waals surface area contributed by atoms with E-state index in [-0.39, 0.29) is 0 Å². The summed E-state index contributed by atoms with van der Waals surface area (Å²) >= 11 is 0. The minimum absolute atomic E-state index is 0.530. The SMILES string of the molecule is O=C(O)C1=CCN(Cc2cccnc2)CC1. The number of carboxylic acids is 1. The summed E-state index contributed by atoms with van der Waals surface area (Å²) in [6.07, 6.45) is 6.01. The van der Waals surface area contributed by atoms with Gasteiger partial charge in [0.1, 0.15) is 0 Å². The lowest BCUT2D eigenvalue weighted by Crippen LogP contribution is -2.29. The first-order valence-corrected chi connectivity index (χ1v) is 5.29. The van der Waals surface area contributed by atoms with Gasteiger partial charge in [-0.05, 0) is 18.1 Å². The van der Waals surface area contributed by atoms with Crippen LogP contribution in [0.15, 0.2) is 36.2 Å². The van der Waals surface area contributed by atoms with Gasteiger partial charge in [-0.15, -0.1) is 0 Å². The van der Waals surface area contributed by atoms with Gasteiger partial charge < -0.3 is 5.11 Å². The monoisotopic (exact) mass is 218 g/mol. The molecule has 0 spiro atoms. The number of hydrogen-bond donors (Lipinski definition) is 1. The van der Waals surface area contributed by atoms with E-state index in [2.05, 4.69) is 9.88 Å². The van der Waals surface area contributed by atoms with Crippen molar-refractivity contribution in [2.75, 3.05) is 13.1 Å². The smallest absolute Gasteiger partial charge is 0.331 e. The van der Waals surface area contributed by atoms with Crippen molar-refractivity contribution in [2.24, 2.45) is 0 Å². The molecule has 1 aromatic rings. The van der Waals surface area contributed by atoms with Crippen molar-refractivity contribution >= 4 is 5.97 Å². The summed E-state index contributed by atoms with van der Waals surface area (Å²) in [5.41, 5.74) is 1.69. The first-order valence-electron chi connectivity index (χ1n) is 5.29. The van der Waals surface area contributed by atoms with Crippen LogP contribution in [-0.2, 0) is 11.3 Å². The van der Waals surface area contributed by atoms with E-state index in [0.717, 1.165) is 18.7 Å². The Morgan fingerprint density at radius 1 is 1.56 bits per heavy atom. The van der Waals surface area contributed by atoms with Crippen LogP contribution in [0.5, 0.6) is 0 Å². The predicted molar refractivity (Wildman–Crippen MR) is 59.8 cm³/mol. The lowest BCUT2D eigenvalue weighted by Gasteiger charge is -2.24. The van der Waals surface area contributed by atoms with E-state index in [1.54, 1.807) is 12.3 Å².